The number of hydrogen-bond acceptors (Lipinski definition) is 3. The summed E-state index contributed by atoms with van der Waals surface area (Å²) in [7, 11) is 3.16. The second kappa shape index (κ2) is 4.80. The molecule has 85 valence electrons. The highest BCUT2D eigenvalue weighted by atomic mass is 32.2. The number of benzene rings is 1. The van der Waals surface area contributed by atoms with Crippen molar-refractivity contribution in [1.29, 1.82) is 0 Å². The molecule has 16 heavy (non-hydrogen) atoms. The van der Waals surface area contributed by atoms with Gasteiger partial charge in [0, 0.05) is 18.1 Å². The molecule has 1 aromatic carbocycles. The van der Waals surface area contributed by atoms with Crippen LogP contribution in [0.2, 0.25) is 0 Å². The Labute approximate surface area is 98.2 Å². The van der Waals surface area contributed by atoms with Crippen LogP contribution in [0.25, 0.3) is 6.08 Å². The molecule has 0 bridgehead atoms. The van der Waals surface area contributed by atoms with E-state index in [1.807, 2.05) is 12.1 Å². The highest BCUT2D eigenvalue weighted by Crippen LogP contribution is 2.34. The van der Waals surface area contributed by atoms with Crippen LogP contribution in [0.3, 0.4) is 0 Å². The molecule has 1 aliphatic rings. The van der Waals surface area contributed by atoms with Crippen molar-refractivity contribution < 1.29 is 14.0 Å². The number of fused-ring (bicyclic) bond motifs is 1. The average Bonchev–Trinajstić information content (AvgIpc) is 2.49. The van der Waals surface area contributed by atoms with Gasteiger partial charge in [-0.1, -0.05) is 0 Å². The summed E-state index contributed by atoms with van der Waals surface area (Å²) in [6.07, 6.45) is 5.69. The Kier molecular flexibility index (Phi) is 3.41. The smallest absolute Gasteiger partial charge is 0.165 e. The predicted octanol–water partition coefficient (Wildman–Crippen LogP) is 2.03. The lowest BCUT2D eigenvalue weighted by atomic mass is 10.2. The summed E-state index contributed by atoms with van der Waals surface area (Å²) in [5, 5.41) is 0. The van der Waals surface area contributed by atoms with Gasteiger partial charge in [0.15, 0.2) is 16.4 Å². The molecule has 0 fully saturated rings. The van der Waals surface area contributed by atoms with Gasteiger partial charge in [-0.05, 0) is 29.4 Å². The Morgan fingerprint density at radius 2 is 1.94 bits per heavy atom. The van der Waals surface area contributed by atoms with Crippen LogP contribution in [0.4, 0.5) is 0 Å². The lowest BCUT2D eigenvalue weighted by molar-refractivity contribution is 0.353. The lowest BCUT2D eigenvalue weighted by Crippen LogP contribution is -2.07. The summed E-state index contributed by atoms with van der Waals surface area (Å²) in [5.41, 5.74) is 0.897. The minimum atomic E-state index is -0.984. The number of rotatable bonds is 2. The Bertz CT molecular complexity index is 415. The standard InChI is InChI=1S/C12H13O3S/c1-14-10-7-9-5-3-4-6-16(13)12(9)8-11(10)15-2/h5,7-8H,4,6H2,1-2H3. The molecule has 0 saturated heterocycles. The molecule has 1 atom stereocenters. The molecule has 2 rings (SSSR count). The zero-order valence-corrected chi connectivity index (χ0v) is 10.1. The molecule has 1 heterocycles. The molecule has 3 nitrogen and oxygen atoms in total. The van der Waals surface area contributed by atoms with Gasteiger partial charge in [-0.2, -0.15) is 0 Å². The Balaban J connectivity index is 2.54. The molecule has 0 aromatic heterocycles. The van der Waals surface area contributed by atoms with Gasteiger partial charge < -0.3 is 14.0 Å². The van der Waals surface area contributed by atoms with E-state index in [2.05, 4.69) is 6.08 Å². The van der Waals surface area contributed by atoms with Crippen molar-refractivity contribution in [2.75, 3.05) is 20.0 Å². The fourth-order valence-corrected chi connectivity index (χ4v) is 2.77. The number of methoxy groups -OCH3 is 2. The van der Waals surface area contributed by atoms with Gasteiger partial charge in [-0.15, -0.1) is 0 Å². The van der Waals surface area contributed by atoms with Gasteiger partial charge in [-0.3, -0.25) is 0 Å². The van der Waals surface area contributed by atoms with Crippen LogP contribution in [-0.4, -0.2) is 24.5 Å². The quantitative estimate of drug-likeness (QED) is 0.739. The number of hydrogen-bond donors (Lipinski definition) is 0. The van der Waals surface area contributed by atoms with E-state index in [4.69, 9.17) is 9.47 Å². The minimum absolute atomic E-state index is 0.610. The van der Waals surface area contributed by atoms with Crippen molar-refractivity contribution >= 4 is 17.3 Å². The first kappa shape index (κ1) is 11.4. The summed E-state index contributed by atoms with van der Waals surface area (Å²) < 4.78 is 22.3. The largest absolute Gasteiger partial charge is 0.611 e. The molecule has 0 saturated carbocycles. The topological polar surface area (TPSA) is 41.5 Å². The SMILES string of the molecule is COc1cc2c(cc1OC)[S+]([O-])CC[C]=C2. The number of allylic oxidation sites excluding steroid dienone is 1. The predicted molar refractivity (Wildman–Crippen MR) is 63.1 cm³/mol. The molecule has 1 radical (unpaired) electrons. The zero-order valence-electron chi connectivity index (χ0n) is 9.28. The molecule has 0 N–H and O–H groups in total. The fourth-order valence-electron chi connectivity index (χ4n) is 1.63. The Hall–Kier alpha value is -1.13. The van der Waals surface area contributed by atoms with Gasteiger partial charge in [-0.25, -0.2) is 0 Å². The van der Waals surface area contributed by atoms with Gasteiger partial charge in [0.1, 0.15) is 5.75 Å². The van der Waals surface area contributed by atoms with Crippen molar-refractivity contribution in [2.45, 2.75) is 11.3 Å². The van der Waals surface area contributed by atoms with Crippen LogP contribution in [0.1, 0.15) is 12.0 Å². The third-order valence-corrected chi connectivity index (χ3v) is 3.87. The van der Waals surface area contributed by atoms with E-state index < -0.39 is 11.2 Å². The van der Waals surface area contributed by atoms with Crippen molar-refractivity contribution in [3.8, 4) is 11.5 Å². The first-order valence-corrected chi connectivity index (χ1v) is 6.29. The van der Waals surface area contributed by atoms with Crippen LogP contribution < -0.4 is 9.47 Å². The van der Waals surface area contributed by atoms with Crippen LogP contribution in [0, 0.1) is 6.08 Å². The minimum Gasteiger partial charge on any atom is -0.611 e. The van der Waals surface area contributed by atoms with Gasteiger partial charge >= 0.3 is 0 Å². The van der Waals surface area contributed by atoms with E-state index in [-0.39, 0.29) is 0 Å². The maximum atomic E-state index is 11.9. The lowest BCUT2D eigenvalue weighted by Gasteiger charge is -2.13. The highest BCUT2D eigenvalue weighted by molar-refractivity contribution is 7.91. The summed E-state index contributed by atoms with van der Waals surface area (Å²) in [6, 6.07) is 3.62. The average molecular weight is 237 g/mol. The van der Waals surface area contributed by atoms with Gasteiger partial charge in [0.2, 0.25) is 0 Å². The van der Waals surface area contributed by atoms with E-state index in [9.17, 15) is 4.55 Å². The summed E-state index contributed by atoms with van der Waals surface area (Å²) in [5.74, 6) is 1.88. The summed E-state index contributed by atoms with van der Waals surface area (Å²) >= 11 is -0.984. The van der Waals surface area contributed by atoms with Crippen molar-refractivity contribution in [1.82, 2.24) is 0 Å². The first-order valence-electron chi connectivity index (χ1n) is 4.97. The fraction of sp³-hybridized carbons (Fsp3) is 0.333. The van der Waals surface area contributed by atoms with Crippen molar-refractivity contribution in [3.63, 3.8) is 0 Å². The van der Waals surface area contributed by atoms with E-state index in [0.717, 1.165) is 10.5 Å². The second-order valence-corrected chi connectivity index (χ2v) is 4.93. The van der Waals surface area contributed by atoms with Crippen molar-refractivity contribution in [2.24, 2.45) is 0 Å². The van der Waals surface area contributed by atoms with E-state index in [0.29, 0.717) is 23.7 Å². The van der Waals surface area contributed by atoms with E-state index in [1.54, 1.807) is 20.3 Å². The molecule has 0 amide bonds. The van der Waals surface area contributed by atoms with Crippen LogP contribution in [-0.2, 0) is 11.2 Å². The van der Waals surface area contributed by atoms with E-state index in [1.165, 1.54) is 0 Å². The Morgan fingerprint density at radius 3 is 2.62 bits per heavy atom. The summed E-state index contributed by atoms with van der Waals surface area (Å²) in [6.45, 7) is 0. The normalized spacial score (nSPS) is 18.8. The highest BCUT2D eigenvalue weighted by Gasteiger charge is 2.20. The monoisotopic (exact) mass is 237 g/mol. The molecule has 1 unspecified atom stereocenters. The summed E-state index contributed by atoms with van der Waals surface area (Å²) in [4.78, 5) is 0.794. The molecule has 0 spiro atoms. The third-order valence-electron chi connectivity index (χ3n) is 2.45. The molecule has 1 aliphatic heterocycles. The number of ether oxygens (including phenoxy) is 2. The third kappa shape index (κ3) is 2.03. The Morgan fingerprint density at radius 1 is 1.25 bits per heavy atom. The molecule has 4 heteroatoms. The van der Waals surface area contributed by atoms with Gasteiger partial charge in [0.05, 0.1) is 14.2 Å². The second-order valence-electron chi connectivity index (χ2n) is 3.39. The molecule has 1 aromatic rings. The van der Waals surface area contributed by atoms with E-state index >= 15 is 0 Å². The van der Waals surface area contributed by atoms with Crippen LogP contribution in [0.15, 0.2) is 17.0 Å². The molecular formula is C12H13O3S. The maximum absolute atomic E-state index is 11.9. The van der Waals surface area contributed by atoms with Crippen LogP contribution in [0.5, 0.6) is 11.5 Å². The van der Waals surface area contributed by atoms with Gasteiger partial charge in [0.25, 0.3) is 0 Å². The molecule has 0 aliphatic carbocycles. The van der Waals surface area contributed by atoms with Crippen molar-refractivity contribution in [3.05, 3.63) is 23.8 Å². The molecular weight excluding hydrogens is 224 g/mol. The maximum Gasteiger partial charge on any atom is 0.165 e. The first-order chi connectivity index (χ1) is 7.76. The zero-order chi connectivity index (χ0) is 11.5. The van der Waals surface area contributed by atoms with Crippen LogP contribution >= 0.6 is 0 Å².